The Bertz CT molecular complexity index is 1200. The number of hydrogen-bond acceptors (Lipinski definition) is 10. The third-order valence-electron chi connectivity index (χ3n) is 4.26. The molecule has 0 heterocycles. The molecule has 10 heteroatoms. The van der Waals surface area contributed by atoms with Gasteiger partial charge in [0, 0.05) is 41.9 Å². The zero-order valence-electron chi connectivity index (χ0n) is 29.8. The van der Waals surface area contributed by atoms with Crippen LogP contribution in [0.1, 0.15) is 79.5 Å². The van der Waals surface area contributed by atoms with Crippen molar-refractivity contribution in [2.45, 2.75) is 66.3 Å². The molecule has 3 aromatic rings. The maximum absolute atomic E-state index is 11.4. The van der Waals surface area contributed by atoms with Crippen molar-refractivity contribution in [2.24, 2.45) is 0 Å². The summed E-state index contributed by atoms with van der Waals surface area (Å²) in [7, 11) is 0. The SMILES string of the molecule is C=C.C=CC(=O)OCCOC(C)=O.CC(C)(O)C(=O)c1ccccc1.CC(C)O.CC(C)O.O=Cc1ccccc1.O=Cc1ccccc1. The average molecular weight is 683 g/mol. The summed E-state index contributed by atoms with van der Waals surface area (Å²) in [6.07, 6.45) is 2.38. The van der Waals surface area contributed by atoms with Crippen LogP contribution >= 0.6 is 0 Å². The number of aliphatic hydroxyl groups excluding tert-OH is 2. The molecule has 0 aliphatic rings. The zero-order valence-corrected chi connectivity index (χ0v) is 29.8. The van der Waals surface area contributed by atoms with Gasteiger partial charge in [-0.1, -0.05) is 97.6 Å². The lowest BCUT2D eigenvalue weighted by Gasteiger charge is -2.14. The Balaban J connectivity index is -0.000000255. The molecule has 49 heavy (non-hydrogen) atoms. The number of hydrogen-bond donors (Lipinski definition) is 3. The minimum absolute atomic E-state index is 0.0738. The summed E-state index contributed by atoms with van der Waals surface area (Å²) in [6, 6.07) is 27.0. The van der Waals surface area contributed by atoms with Crippen molar-refractivity contribution < 1.29 is 48.8 Å². The summed E-state index contributed by atoms with van der Waals surface area (Å²) < 4.78 is 8.99. The molecule has 0 aromatic heterocycles. The van der Waals surface area contributed by atoms with Crippen LogP contribution in [0.3, 0.4) is 0 Å². The topological polar surface area (TPSA) is 164 Å². The minimum atomic E-state index is -1.28. The number of benzene rings is 3. The Labute approximate surface area is 291 Å². The van der Waals surface area contributed by atoms with Gasteiger partial charge in [0.15, 0.2) is 5.78 Å². The average Bonchev–Trinajstić information content (AvgIpc) is 3.08. The maximum Gasteiger partial charge on any atom is 0.330 e. The van der Waals surface area contributed by atoms with E-state index in [1.807, 2.05) is 42.5 Å². The van der Waals surface area contributed by atoms with Crippen LogP contribution in [0.2, 0.25) is 0 Å². The van der Waals surface area contributed by atoms with Gasteiger partial charge in [0.05, 0.1) is 0 Å². The Kier molecular flexibility index (Phi) is 35.6. The largest absolute Gasteiger partial charge is 0.462 e. The van der Waals surface area contributed by atoms with Crippen molar-refractivity contribution in [3.05, 3.63) is 133 Å². The smallest absolute Gasteiger partial charge is 0.330 e. The van der Waals surface area contributed by atoms with Crippen LogP contribution in [-0.2, 0) is 19.1 Å². The van der Waals surface area contributed by atoms with Crippen LogP contribution < -0.4 is 0 Å². The van der Waals surface area contributed by atoms with E-state index in [2.05, 4.69) is 29.2 Å². The minimum Gasteiger partial charge on any atom is -0.462 e. The number of Topliss-reactive ketones (excluding diaryl/α,β-unsaturated/α-hetero) is 1. The number of esters is 2. The molecule has 0 saturated heterocycles. The van der Waals surface area contributed by atoms with Gasteiger partial charge in [-0.2, -0.15) is 0 Å². The predicted octanol–water partition coefficient (Wildman–Crippen LogP) is 6.49. The quantitative estimate of drug-likeness (QED) is 0.0597. The molecule has 3 rings (SSSR count). The van der Waals surface area contributed by atoms with Crippen molar-refractivity contribution in [1.29, 1.82) is 0 Å². The summed E-state index contributed by atoms with van der Waals surface area (Å²) in [6.45, 7) is 20.5. The highest BCUT2D eigenvalue weighted by Crippen LogP contribution is 2.11. The molecule has 0 aliphatic heterocycles. The first kappa shape index (κ1) is 50.8. The van der Waals surface area contributed by atoms with Gasteiger partial charge in [0.25, 0.3) is 0 Å². The third-order valence-corrected chi connectivity index (χ3v) is 4.26. The second-order valence-electron chi connectivity index (χ2n) is 10.2. The van der Waals surface area contributed by atoms with Crippen molar-refractivity contribution >= 4 is 30.3 Å². The van der Waals surface area contributed by atoms with Gasteiger partial charge in [-0.25, -0.2) is 4.79 Å². The van der Waals surface area contributed by atoms with Gasteiger partial charge in [-0.3, -0.25) is 19.2 Å². The Morgan fingerprint density at radius 2 is 1.00 bits per heavy atom. The number of rotatable bonds is 8. The first-order valence-electron chi connectivity index (χ1n) is 15.1. The summed E-state index contributed by atoms with van der Waals surface area (Å²) in [4.78, 5) is 52.0. The fraction of sp³-hybridized carbons (Fsp3) is 0.308. The normalized spacial score (nSPS) is 8.98. The summed E-state index contributed by atoms with van der Waals surface area (Å²) in [5.74, 6) is -1.15. The van der Waals surface area contributed by atoms with E-state index < -0.39 is 11.6 Å². The summed E-state index contributed by atoms with van der Waals surface area (Å²) in [5.41, 5.74) is 0.728. The number of ether oxygens (including phenoxy) is 2. The lowest BCUT2D eigenvalue weighted by molar-refractivity contribution is -0.147. The van der Waals surface area contributed by atoms with Crippen molar-refractivity contribution in [3.8, 4) is 0 Å². The van der Waals surface area contributed by atoms with E-state index >= 15 is 0 Å². The lowest BCUT2D eigenvalue weighted by atomic mass is 9.97. The van der Waals surface area contributed by atoms with E-state index in [1.54, 1.807) is 76.2 Å². The monoisotopic (exact) mass is 682 g/mol. The van der Waals surface area contributed by atoms with E-state index in [0.717, 1.165) is 29.8 Å². The van der Waals surface area contributed by atoms with Gasteiger partial charge in [-0.15, -0.1) is 13.2 Å². The highest BCUT2D eigenvalue weighted by atomic mass is 16.6. The van der Waals surface area contributed by atoms with Gasteiger partial charge < -0.3 is 24.8 Å². The van der Waals surface area contributed by atoms with Crippen molar-refractivity contribution in [1.82, 2.24) is 0 Å². The van der Waals surface area contributed by atoms with E-state index in [-0.39, 0.29) is 37.2 Å². The lowest BCUT2D eigenvalue weighted by Crippen LogP contribution is -2.30. The predicted molar refractivity (Wildman–Crippen MR) is 194 cm³/mol. The fourth-order valence-electron chi connectivity index (χ4n) is 2.39. The molecule has 0 atom stereocenters. The second-order valence-corrected chi connectivity index (χ2v) is 10.2. The highest BCUT2D eigenvalue weighted by Gasteiger charge is 2.24. The number of aliphatic hydroxyl groups is 3. The molecular formula is C39H54O10. The van der Waals surface area contributed by atoms with E-state index in [0.29, 0.717) is 5.56 Å². The molecule has 0 unspecified atom stereocenters. The molecule has 0 aliphatic carbocycles. The van der Waals surface area contributed by atoms with E-state index in [9.17, 15) is 29.1 Å². The van der Waals surface area contributed by atoms with Crippen LogP contribution in [0, 0.1) is 0 Å². The van der Waals surface area contributed by atoms with Crippen LogP contribution in [0.4, 0.5) is 0 Å². The number of carbonyl (C=O) groups excluding carboxylic acids is 5. The molecule has 270 valence electrons. The zero-order chi connectivity index (χ0) is 38.7. The highest BCUT2D eigenvalue weighted by molar-refractivity contribution is 6.01. The molecule has 0 fully saturated rings. The standard InChI is InChI=1S/C10H12O2.C7H10O4.2C7H6O.2C3H8O.C2H4/c1-10(2,12)9(11)8-6-4-3-5-7-8;1-3-7(9)11-5-4-10-6(2)8;2*8-6-7-4-2-1-3-5-7;2*1-3(2)4;1-2/h3-7,12H,1-2H3;3H,1,4-5H2,2H3;2*1-6H;2*3-4H,1-2H3;1-2H2. The first-order valence-corrected chi connectivity index (χ1v) is 15.1. The Hall–Kier alpha value is -5.03. The molecule has 0 amide bonds. The molecular weight excluding hydrogens is 628 g/mol. The summed E-state index contributed by atoms with van der Waals surface area (Å²) >= 11 is 0. The van der Waals surface area contributed by atoms with E-state index in [4.69, 9.17) is 10.2 Å². The van der Waals surface area contributed by atoms with Crippen LogP contribution in [0.5, 0.6) is 0 Å². The van der Waals surface area contributed by atoms with Gasteiger partial charge in [-0.05, 0) is 41.5 Å². The van der Waals surface area contributed by atoms with Gasteiger partial charge >= 0.3 is 11.9 Å². The molecule has 0 radical (unpaired) electrons. The molecule has 10 nitrogen and oxygen atoms in total. The van der Waals surface area contributed by atoms with Crippen molar-refractivity contribution in [2.75, 3.05) is 13.2 Å². The molecule has 0 bridgehead atoms. The molecule has 3 aromatic carbocycles. The van der Waals surface area contributed by atoms with Crippen LogP contribution in [-0.4, -0.2) is 76.6 Å². The Morgan fingerprint density at radius 1 is 0.694 bits per heavy atom. The Morgan fingerprint density at radius 3 is 1.24 bits per heavy atom. The first-order chi connectivity index (χ1) is 23.0. The van der Waals surface area contributed by atoms with Crippen molar-refractivity contribution in [3.63, 3.8) is 0 Å². The van der Waals surface area contributed by atoms with E-state index in [1.165, 1.54) is 20.8 Å². The molecule has 0 saturated carbocycles. The molecule has 0 spiro atoms. The van der Waals surface area contributed by atoms with Crippen LogP contribution in [0.15, 0.2) is 117 Å². The summed E-state index contributed by atoms with van der Waals surface area (Å²) in [5, 5.41) is 25.5. The number of aldehydes is 2. The number of carbonyl (C=O) groups is 5. The second kappa shape index (κ2) is 34.3. The van der Waals surface area contributed by atoms with Gasteiger partial charge in [0.2, 0.25) is 0 Å². The number of ketones is 1. The fourth-order valence-corrected chi connectivity index (χ4v) is 2.39. The maximum atomic E-state index is 11.4. The molecule has 3 N–H and O–H groups in total. The van der Waals surface area contributed by atoms with Gasteiger partial charge in [0.1, 0.15) is 31.4 Å². The van der Waals surface area contributed by atoms with Crippen LogP contribution in [0.25, 0.3) is 0 Å². The third kappa shape index (κ3) is 40.9.